The molecule has 2 amide bonds. The fraction of sp³-hybridized carbons (Fsp3) is 0.308. The number of carbonyl (C=O) groups is 3. The van der Waals surface area contributed by atoms with Gasteiger partial charge in [0, 0.05) is 23.1 Å². The number of amides is 2. The molecule has 0 saturated carbocycles. The standard InChI is InChI=1S/C26H27ClN2O7/c1-15-22(23(36-28-15)18-11-13-19(14-12-18)34-17(3)30)29(25(32)35-26(4,5)6)24(31)33-16(2)20-9-7-8-10-21(20)27/h7-14,16H,1-6H3/t16-/m1/s1. The number of aryl methyl sites for hydroxylation is 1. The Hall–Kier alpha value is -3.85. The van der Waals surface area contributed by atoms with Crippen LogP contribution in [-0.4, -0.2) is 28.9 Å². The Morgan fingerprint density at radius 2 is 1.67 bits per heavy atom. The van der Waals surface area contributed by atoms with Crippen LogP contribution in [0.5, 0.6) is 5.75 Å². The highest BCUT2D eigenvalue weighted by Crippen LogP contribution is 2.37. The summed E-state index contributed by atoms with van der Waals surface area (Å²) < 4.78 is 21.7. The molecule has 3 aromatic rings. The zero-order chi connectivity index (χ0) is 26.6. The summed E-state index contributed by atoms with van der Waals surface area (Å²) in [5.41, 5.74) is 0.450. The second-order valence-corrected chi connectivity index (χ2v) is 9.33. The Morgan fingerprint density at radius 3 is 2.25 bits per heavy atom. The molecule has 1 atom stereocenters. The van der Waals surface area contributed by atoms with Crippen molar-refractivity contribution >= 4 is 35.4 Å². The van der Waals surface area contributed by atoms with Crippen molar-refractivity contribution in [2.45, 2.75) is 53.2 Å². The van der Waals surface area contributed by atoms with Crippen LogP contribution >= 0.6 is 11.6 Å². The van der Waals surface area contributed by atoms with E-state index in [9.17, 15) is 14.4 Å². The van der Waals surface area contributed by atoms with Crippen molar-refractivity contribution in [2.24, 2.45) is 0 Å². The molecule has 2 aromatic carbocycles. The van der Waals surface area contributed by atoms with Crippen LogP contribution in [0.3, 0.4) is 0 Å². The fourth-order valence-electron chi connectivity index (χ4n) is 3.29. The molecule has 0 spiro atoms. The van der Waals surface area contributed by atoms with E-state index in [1.54, 1.807) is 83.1 Å². The number of hydrogen-bond acceptors (Lipinski definition) is 8. The van der Waals surface area contributed by atoms with Crippen molar-refractivity contribution in [1.82, 2.24) is 5.16 Å². The predicted molar refractivity (Wildman–Crippen MR) is 133 cm³/mol. The lowest BCUT2D eigenvalue weighted by Gasteiger charge is -2.27. The summed E-state index contributed by atoms with van der Waals surface area (Å²) in [5, 5.41) is 4.37. The molecule has 3 rings (SSSR count). The zero-order valence-corrected chi connectivity index (χ0v) is 21.6. The summed E-state index contributed by atoms with van der Waals surface area (Å²) in [7, 11) is 0. The topological polar surface area (TPSA) is 108 Å². The van der Waals surface area contributed by atoms with E-state index in [-0.39, 0.29) is 17.1 Å². The van der Waals surface area contributed by atoms with Gasteiger partial charge in [0.15, 0.2) is 5.76 Å². The van der Waals surface area contributed by atoms with Crippen LogP contribution in [-0.2, 0) is 14.3 Å². The molecule has 0 saturated heterocycles. The molecule has 0 aliphatic carbocycles. The van der Waals surface area contributed by atoms with Crippen LogP contribution < -0.4 is 9.64 Å². The second-order valence-electron chi connectivity index (χ2n) is 8.93. The third kappa shape index (κ3) is 6.42. The van der Waals surface area contributed by atoms with Crippen LogP contribution in [0.15, 0.2) is 53.1 Å². The predicted octanol–water partition coefficient (Wildman–Crippen LogP) is 6.87. The van der Waals surface area contributed by atoms with Gasteiger partial charge in [-0.15, -0.1) is 0 Å². The van der Waals surface area contributed by atoms with Gasteiger partial charge in [0.2, 0.25) is 0 Å². The van der Waals surface area contributed by atoms with Gasteiger partial charge < -0.3 is 18.7 Å². The van der Waals surface area contributed by atoms with Gasteiger partial charge in [-0.2, -0.15) is 4.90 Å². The van der Waals surface area contributed by atoms with Crippen molar-refractivity contribution in [3.05, 3.63) is 64.8 Å². The molecule has 36 heavy (non-hydrogen) atoms. The number of ether oxygens (including phenoxy) is 3. The summed E-state index contributed by atoms with van der Waals surface area (Å²) in [4.78, 5) is 38.6. The number of carbonyl (C=O) groups excluding carboxylic acids is 3. The van der Waals surface area contributed by atoms with Crippen molar-refractivity contribution in [2.75, 3.05) is 4.90 Å². The quantitative estimate of drug-likeness (QED) is 0.268. The van der Waals surface area contributed by atoms with Crippen molar-refractivity contribution < 1.29 is 33.1 Å². The number of anilines is 1. The third-order valence-corrected chi connectivity index (χ3v) is 5.16. The lowest BCUT2D eigenvalue weighted by molar-refractivity contribution is -0.131. The molecule has 1 aromatic heterocycles. The van der Waals surface area contributed by atoms with Gasteiger partial charge in [0.05, 0.1) is 0 Å². The first-order valence-corrected chi connectivity index (χ1v) is 11.5. The van der Waals surface area contributed by atoms with Crippen LogP contribution in [0, 0.1) is 6.92 Å². The first-order valence-electron chi connectivity index (χ1n) is 11.1. The Bertz CT molecular complexity index is 1260. The summed E-state index contributed by atoms with van der Waals surface area (Å²) in [6.07, 6.45) is -2.74. The normalized spacial score (nSPS) is 12.0. The number of rotatable bonds is 5. The Balaban J connectivity index is 2.02. The molecule has 10 heteroatoms. The average molecular weight is 515 g/mol. The zero-order valence-electron chi connectivity index (χ0n) is 20.8. The van der Waals surface area contributed by atoms with Gasteiger partial charge in [-0.3, -0.25) is 4.79 Å². The highest BCUT2D eigenvalue weighted by Gasteiger charge is 2.36. The van der Waals surface area contributed by atoms with Crippen LogP contribution in [0.2, 0.25) is 5.02 Å². The smallest absolute Gasteiger partial charge is 0.424 e. The van der Waals surface area contributed by atoms with E-state index in [1.807, 2.05) is 0 Å². The van der Waals surface area contributed by atoms with E-state index < -0.39 is 29.9 Å². The molecular weight excluding hydrogens is 488 g/mol. The number of esters is 1. The molecule has 0 fully saturated rings. The molecule has 190 valence electrons. The first kappa shape index (κ1) is 26.7. The molecule has 0 unspecified atom stereocenters. The molecule has 0 aliphatic rings. The Kier molecular flexibility index (Phi) is 8.04. The number of nitrogens with zero attached hydrogens (tertiary/aromatic N) is 2. The minimum absolute atomic E-state index is 0.0563. The van der Waals surface area contributed by atoms with Crippen molar-refractivity contribution in [3.8, 4) is 17.1 Å². The fourth-order valence-corrected chi connectivity index (χ4v) is 3.58. The second kappa shape index (κ2) is 10.8. The Labute approximate surface area is 213 Å². The molecule has 0 radical (unpaired) electrons. The highest BCUT2D eigenvalue weighted by molar-refractivity contribution is 6.31. The lowest BCUT2D eigenvalue weighted by atomic mass is 10.1. The van der Waals surface area contributed by atoms with Gasteiger partial charge in [-0.25, -0.2) is 9.59 Å². The average Bonchev–Trinajstić information content (AvgIpc) is 3.14. The molecule has 1 heterocycles. The van der Waals surface area contributed by atoms with Crippen molar-refractivity contribution in [3.63, 3.8) is 0 Å². The minimum atomic E-state index is -0.999. The lowest BCUT2D eigenvalue weighted by Crippen LogP contribution is -2.42. The van der Waals surface area contributed by atoms with Gasteiger partial charge in [0.1, 0.15) is 28.8 Å². The SMILES string of the molecule is CC(=O)Oc1ccc(-c2onc(C)c2N(C(=O)O[C@H](C)c2ccccc2Cl)C(=O)OC(C)(C)C)cc1. The van der Waals surface area contributed by atoms with E-state index in [2.05, 4.69) is 5.16 Å². The first-order chi connectivity index (χ1) is 16.9. The van der Waals surface area contributed by atoms with Crippen LogP contribution in [0.25, 0.3) is 11.3 Å². The Morgan fingerprint density at radius 1 is 1.03 bits per heavy atom. The molecule has 0 N–H and O–H groups in total. The largest absolute Gasteiger partial charge is 0.443 e. The third-order valence-electron chi connectivity index (χ3n) is 4.81. The van der Waals surface area contributed by atoms with Gasteiger partial charge in [0.25, 0.3) is 0 Å². The van der Waals surface area contributed by atoms with E-state index in [4.69, 9.17) is 30.3 Å². The number of halogens is 1. The number of hydrogen-bond donors (Lipinski definition) is 0. The summed E-state index contributed by atoms with van der Waals surface area (Å²) in [6, 6.07) is 13.2. The van der Waals surface area contributed by atoms with Crippen LogP contribution in [0.1, 0.15) is 52.0 Å². The molecule has 0 bridgehead atoms. The molecule has 9 nitrogen and oxygen atoms in total. The maximum Gasteiger partial charge on any atom is 0.424 e. The van der Waals surface area contributed by atoms with Gasteiger partial charge in [-0.05, 0) is 65.0 Å². The monoisotopic (exact) mass is 514 g/mol. The van der Waals surface area contributed by atoms with Crippen LogP contribution in [0.4, 0.5) is 15.3 Å². The molecular formula is C26H27ClN2O7. The number of aromatic nitrogens is 1. The van der Waals surface area contributed by atoms with E-state index in [0.717, 1.165) is 4.90 Å². The van der Waals surface area contributed by atoms with E-state index in [1.165, 1.54) is 6.92 Å². The van der Waals surface area contributed by atoms with Crippen molar-refractivity contribution in [1.29, 1.82) is 0 Å². The summed E-state index contributed by atoms with van der Waals surface area (Å²) in [6.45, 7) is 9.54. The number of benzene rings is 2. The summed E-state index contributed by atoms with van der Waals surface area (Å²) >= 11 is 6.25. The number of imide groups is 1. The van der Waals surface area contributed by atoms with E-state index >= 15 is 0 Å². The summed E-state index contributed by atoms with van der Waals surface area (Å²) in [5.74, 6) is -0.0264. The minimum Gasteiger partial charge on any atom is -0.443 e. The van der Waals surface area contributed by atoms with Gasteiger partial charge in [-0.1, -0.05) is 35.0 Å². The maximum atomic E-state index is 13.4. The highest BCUT2D eigenvalue weighted by atomic mass is 35.5. The van der Waals surface area contributed by atoms with E-state index in [0.29, 0.717) is 21.9 Å². The van der Waals surface area contributed by atoms with Gasteiger partial charge >= 0.3 is 18.2 Å². The molecule has 0 aliphatic heterocycles. The maximum absolute atomic E-state index is 13.4.